The maximum atomic E-state index is 10.5. The Hall–Kier alpha value is -0.710. The Kier molecular flexibility index (Phi) is 5.53. The number of amides is 1. The highest BCUT2D eigenvalue weighted by molar-refractivity contribution is 7.98. The van der Waals surface area contributed by atoms with Gasteiger partial charge in [0.05, 0.1) is 0 Å². The van der Waals surface area contributed by atoms with E-state index in [1.54, 1.807) is 11.8 Å². The minimum absolute atomic E-state index is 0.302. The van der Waals surface area contributed by atoms with Crippen LogP contribution in [0.2, 0.25) is 0 Å². The normalized spacial score (nSPS) is 12.2. The van der Waals surface area contributed by atoms with Crippen molar-refractivity contribution in [2.24, 2.45) is 0 Å². The van der Waals surface area contributed by atoms with Gasteiger partial charge in [0.1, 0.15) is 6.04 Å². The van der Waals surface area contributed by atoms with E-state index in [1.165, 1.54) is 6.92 Å². The molecule has 0 saturated heterocycles. The first-order valence-electron chi connectivity index (χ1n) is 3.56. The van der Waals surface area contributed by atoms with Gasteiger partial charge in [-0.25, -0.2) is 4.79 Å². The van der Waals surface area contributed by atoms with E-state index in [-0.39, 0.29) is 5.91 Å². The van der Waals surface area contributed by atoms with Gasteiger partial charge in [-0.05, 0) is 18.4 Å². The lowest BCUT2D eigenvalue weighted by molar-refractivity contribution is -0.141. The summed E-state index contributed by atoms with van der Waals surface area (Å²) in [5, 5.41) is 11.0. The second kappa shape index (κ2) is 5.88. The van der Waals surface area contributed by atoms with Crippen LogP contribution in [0.5, 0.6) is 0 Å². The SMILES string of the molecule is CSCC[C@H]([15NH]C(C)=O)C(=O)O. The lowest BCUT2D eigenvalue weighted by atomic mass is 10.2. The third kappa shape index (κ3) is 5.01. The monoisotopic (exact) mass is 192 g/mol. The molecule has 1 atom stereocenters. The molecule has 12 heavy (non-hydrogen) atoms. The maximum Gasteiger partial charge on any atom is 0.326 e. The second-order valence-corrected chi connectivity index (χ2v) is 3.36. The van der Waals surface area contributed by atoms with Crippen molar-refractivity contribution in [1.29, 1.82) is 0 Å². The van der Waals surface area contributed by atoms with E-state index >= 15 is 0 Å². The molecule has 0 radical (unpaired) electrons. The van der Waals surface area contributed by atoms with E-state index in [2.05, 4.69) is 5.32 Å². The van der Waals surface area contributed by atoms with E-state index in [0.717, 1.165) is 5.75 Å². The Balaban J connectivity index is 3.87. The molecule has 0 aromatic carbocycles. The summed E-state index contributed by atoms with van der Waals surface area (Å²) in [5.74, 6) is -0.542. The van der Waals surface area contributed by atoms with Gasteiger partial charge < -0.3 is 10.4 Å². The number of rotatable bonds is 5. The van der Waals surface area contributed by atoms with Gasteiger partial charge in [0.2, 0.25) is 5.91 Å². The summed E-state index contributed by atoms with van der Waals surface area (Å²) in [6.45, 7) is 1.31. The van der Waals surface area contributed by atoms with Crippen molar-refractivity contribution >= 4 is 23.6 Å². The van der Waals surface area contributed by atoms with Crippen LogP contribution in [0.25, 0.3) is 0 Å². The van der Waals surface area contributed by atoms with Crippen molar-refractivity contribution in [1.82, 2.24) is 5.32 Å². The molecule has 0 saturated carbocycles. The summed E-state index contributed by atoms with van der Waals surface area (Å²) in [7, 11) is 0. The number of thioether (sulfide) groups is 1. The van der Waals surface area contributed by atoms with Gasteiger partial charge in [-0.3, -0.25) is 4.79 Å². The molecule has 0 aliphatic carbocycles. The first-order valence-corrected chi connectivity index (χ1v) is 4.96. The van der Waals surface area contributed by atoms with Gasteiger partial charge in [-0.2, -0.15) is 11.8 Å². The Morgan fingerprint density at radius 2 is 2.17 bits per heavy atom. The van der Waals surface area contributed by atoms with Crippen molar-refractivity contribution in [3.63, 3.8) is 0 Å². The zero-order chi connectivity index (χ0) is 9.56. The quantitative estimate of drug-likeness (QED) is 0.616. The van der Waals surface area contributed by atoms with Gasteiger partial charge in [-0.1, -0.05) is 0 Å². The van der Waals surface area contributed by atoms with Crippen molar-refractivity contribution in [2.45, 2.75) is 19.4 Å². The Morgan fingerprint density at radius 1 is 1.58 bits per heavy atom. The molecule has 0 rings (SSSR count). The summed E-state index contributed by atoms with van der Waals surface area (Å²) >= 11 is 1.56. The predicted octanol–water partition coefficient (Wildman–Crippen LogP) is 0.329. The van der Waals surface area contributed by atoms with Crippen molar-refractivity contribution in [3.05, 3.63) is 0 Å². The Morgan fingerprint density at radius 3 is 2.50 bits per heavy atom. The number of aliphatic carboxylic acids is 1. The molecular formula is C7H13NO3S. The van der Waals surface area contributed by atoms with Gasteiger partial charge in [-0.15, -0.1) is 0 Å². The van der Waals surface area contributed by atoms with Crippen molar-refractivity contribution < 1.29 is 14.7 Å². The Bertz CT molecular complexity index is 172. The van der Waals surface area contributed by atoms with Gasteiger partial charge in [0.15, 0.2) is 0 Å². The van der Waals surface area contributed by atoms with Crippen LogP contribution >= 0.6 is 11.8 Å². The number of carbonyl (C=O) groups is 2. The van der Waals surface area contributed by atoms with Crippen molar-refractivity contribution in [2.75, 3.05) is 12.0 Å². The zero-order valence-electron chi connectivity index (χ0n) is 7.16. The van der Waals surface area contributed by atoms with E-state index in [1.807, 2.05) is 6.26 Å². The topological polar surface area (TPSA) is 66.4 Å². The molecule has 4 nitrogen and oxygen atoms in total. The fourth-order valence-corrected chi connectivity index (χ4v) is 1.21. The van der Waals surface area contributed by atoms with Crippen LogP contribution in [0.15, 0.2) is 0 Å². The molecule has 0 bridgehead atoms. The molecule has 0 unspecified atom stereocenters. The number of hydrogen-bond donors (Lipinski definition) is 2. The average molecular weight is 192 g/mol. The molecule has 0 aromatic rings. The molecule has 0 aliphatic rings. The number of carboxylic acid groups (broad SMARTS) is 1. The largest absolute Gasteiger partial charge is 0.480 e. The van der Waals surface area contributed by atoms with E-state index in [9.17, 15) is 9.59 Å². The molecule has 70 valence electrons. The van der Waals surface area contributed by atoms with E-state index < -0.39 is 12.0 Å². The summed E-state index contributed by atoms with van der Waals surface area (Å²) in [5.41, 5.74) is 0. The summed E-state index contributed by atoms with van der Waals surface area (Å²) in [6, 6.07) is -0.741. The fraction of sp³-hybridized carbons (Fsp3) is 0.714. The number of nitrogens with one attached hydrogen (secondary N) is 1. The minimum Gasteiger partial charge on any atom is -0.480 e. The van der Waals surface area contributed by atoms with Crippen LogP contribution in [0.1, 0.15) is 13.3 Å². The van der Waals surface area contributed by atoms with Crippen LogP contribution in [0, 0.1) is 0 Å². The molecule has 0 heterocycles. The summed E-state index contributed by atoms with van der Waals surface area (Å²) < 4.78 is 0. The lowest BCUT2D eigenvalue weighted by Crippen LogP contribution is -2.39. The van der Waals surface area contributed by atoms with Crippen LogP contribution in [0.4, 0.5) is 0 Å². The Labute approximate surface area is 75.7 Å². The third-order valence-corrected chi connectivity index (χ3v) is 1.93. The van der Waals surface area contributed by atoms with Crippen molar-refractivity contribution in [3.8, 4) is 0 Å². The van der Waals surface area contributed by atoms with E-state index in [0.29, 0.717) is 6.42 Å². The first kappa shape index (κ1) is 11.3. The average Bonchev–Trinajstić information content (AvgIpc) is 1.96. The fourth-order valence-electron chi connectivity index (χ4n) is 0.738. The van der Waals surface area contributed by atoms with Gasteiger partial charge in [0, 0.05) is 6.92 Å². The van der Waals surface area contributed by atoms with Crippen LogP contribution in [-0.4, -0.2) is 35.0 Å². The van der Waals surface area contributed by atoms with Crippen LogP contribution in [-0.2, 0) is 9.59 Å². The molecule has 0 aliphatic heterocycles. The number of hydrogen-bond acceptors (Lipinski definition) is 3. The highest BCUT2D eigenvalue weighted by Gasteiger charge is 2.16. The molecule has 5 heteroatoms. The lowest BCUT2D eigenvalue weighted by Gasteiger charge is -2.11. The highest BCUT2D eigenvalue weighted by Crippen LogP contribution is 2.00. The predicted molar refractivity (Wildman–Crippen MR) is 48.2 cm³/mol. The summed E-state index contributed by atoms with van der Waals surface area (Å²) in [6.07, 6.45) is 2.36. The molecule has 1 amide bonds. The maximum absolute atomic E-state index is 10.5. The molecule has 2 N–H and O–H groups in total. The van der Waals surface area contributed by atoms with Gasteiger partial charge >= 0.3 is 5.97 Å². The molecular weight excluding hydrogens is 179 g/mol. The summed E-state index contributed by atoms with van der Waals surface area (Å²) in [4.78, 5) is 21.1. The third-order valence-electron chi connectivity index (χ3n) is 1.29. The number of carboxylic acids is 1. The van der Waals surface area contributed by atoms with Gasteiger partial charge in [0.25, 0.3) is 0 Å². The highest BCUT2D eigenvalue weighted by atomic mass is 32.2. The van der Waals surface area contributed by atoms with Crippen LogP contribution < -0.4 is 5.32 Å². The first-order chi connectivity index (χ1) is 5.57. The molecule has 0 fully saturated rings. The zero-order valence-corrected chi connectivity index (χ0v) is 7.98. The number of carbonyl (C=O) groups excluding carboxylic acids is 1. The van der Waals surface area contributed by atoms with Crippen LogP contribution in [0.3, 0.4) is 0 Å². The minimum atomic E-state index is -0.973. The van der Waals surface area contributed by atoms with E-state index in [4.69, 9.17) is 5.11 Å². The molecule has 0 aromatic heterocycles. The second-order valence-electron chi connectivity index (χ2n) is 2.37. The standard InChI is InChI=1S/C7H13NO3S/c1-5(9)8-6(7(10)11)3-4-12-2/h6H,3-4H2,1-2H3,(H,8,9)(H,10,11)/t6-/m0/s1/i8+1. The molecule has 0 spiro atoms. The smallest absolute Gasteiger partial charge is 0.326 e.